The fourth-order valence-corrected chi connectivity index (χ4v) is 4.65. The molecule has 0 bridgehead atoms. The maximum atomic E-state index is 12.8. The molecule has 0 aliphatic rings. The highest BCUT2D eigenvalue weighted by Gasteiger charge is 2.35. The first-order valence-corrected chi connectivity index (χ1v) is 13.0. The van der Waals surface area contributed by atoms with Crippen molar-refractivity contribution in [2.45, 2.75) is 16.3 Å². The molecule has 200 valence electrons. The zero-order valence-electron chi connectivity index (χ0n) is 19.9. The third-order valence-electron chi connectivity index (χ3n) is 5.08. The van der Waals surface area contributed by atoms with Gasteiger partial charge in [-0.05, 0) is 53.4 Å². The van der Waals surface area contributed by atoms with Crippen molar-refractivity contribution in [3.05, 3.63) is 95.2 Å². The Balaban J connectivity index is 1.39. The normalized spacial score (nSPS) is 11.0. The summed E-state index contributed by atoms with van der Waals surface area (Å²) in [7, 11) is -4.31. The van der Waals surface area contributed by atoms with Crippen LogP contribution in [0.1, 0.15) is 22.3 Å². The van der Waals surface area contributed by atoms with Gasteiger partial charge in [-0.2, -0.15) is 0 Å². The van der Waals surface area contributed by atoms with Crippen LogP contribution >= 0.6 is 12.2 Å². The Bertz CT molecular complexity index is 1620. The van der Waals surface area contributed by atoms with E-state index in [1.165, 1.54) is 48.5 Å². The van der Waals surface area contributed by atoms with Crippen LogP contribution in [0.25, 0.3) is 0 Å². The van der Waals surface area contributed by atoms with Crippen molar-refractivity contribution in [3.8, 4) is 17.4 Å². The molecule has 0 amide bonds. The minimum atomic E-state index is -4.31. The summed E-state index contributed by atoms with van der Waals surface area (Å²) in [6.07, 6.45) is -0.389. The van der Waals surface area contributed by atoms with E-state index in [0.717, 1.165) is 0 Å². The topological polar surface area (TPSA) is 175 Å². The second-order valence-corrected chi connectivity index (χ2v) is 10.0. The molecular weight excluding hydrogens is 550 g/mol. The van der Waals surface area contributed by atoms with E-state index in [2.05, 4.69) is 9.79 Å². The third kappa shape index (κ3) is 6.37. The zero-order chi connectivity index (χ0) is 28.0. The molecule has 3 aromatic carbocycles. The van der Waals surface area contributed by atoms with Crippen LogP contribution in [0.2, 0.25) is 0 Å². The quantitative estimate of drug-likeness (QED) is 0.128. The molecule has 0 unspecified atom stereocenters. The number of hydrogen-bond acceptors (Lipinski definition) is 11. The second-order valence-electron chi connectivity index (χ2n) is 7.70. The first kappa shape index (κ1) is 27.2. The largest absolute Gasteiger partial charge is 0.454 e. The van der Waals surface area contributed by atoms with Gasteiger partial charge in [0, 0.05) is 5.56 Å². The Labute approximate surface area is 227 Å². The van der Waals surface area contributed by atoms with Crippen LogP contribution in [0, 0.1) is 5.21 Å². The molecule has 12 nitrogen and oxygen atoms in total. The summed E-state index contributed by atoms with van der Waals surface area (Å²) in [5, 5.41) is 14.4. The molecule has 4 rings (SSSR count). The molecule has 0 fully saturated rings. The molecule has 0 spiro atoms. The molecule has 0 saturated carbocycles. The lowest BCUT2D eigenvalue weighted by molar-refractivity contribution is -0.832. The average molecular weight is 570 g/mol. The van der Waals surface area contributed by atoms with Crippen LogP contribution < -0.4 is 24.8 Å². The molecular formula is C25H19N3O9S2. The van der Waals surface area contributed by atoms with Crippen LogP contribution in [0.4, 0.5) is 0 Å². The van der Waals surface area contributed by atoms with E-state index in [9.17, 15) is 23.2 Å². The van der Waals surface area contributed by atoms with E-state index in [1.807, 2.05) is 0 Å². The summed E-state index contributed by atoms with van der Waals surface area (Å²) in [6, 6.07) is 19.3. The summed E-state index contributed by atoms with van der Waals surface area (Å²) in [5.74, 6) is -2.07. The smallest absolute Gasteiger partial charge is 0.414 e. The van der Waals surface area contributed by atoms with Crippen molar-refractivity contribution < 1.29 is 41.7 Å². The number of hydrogen-bond donors (Lipinski definition) is 1. The summed E-state index contributed by atoms with van der Waals surface area (Å²) in [5.41, 5.74) is 6.13. The van der Waals surface area contributed by atoms with Gasteiger partial charge in [-0.3, -0.25) is 9.42 Å². The minimum absolute atomic E-state index is 0.0228. The van der Waals surface area contributed by atoms with E-state index in [1.54, 1.807) is 30.3 Å². The van der Waals surface area contributed by atoms with Crippen LogP contribution in [0.5, 0.6) is 17.4 Å². The predicted octanol–water partition coefficient (Wildman–Crippen LogP) is 2.37. The molecule has 2 N–H and O–H groups in total. The maximum Gasteiger partial charge on any atom is 0.414 e. The number of benzene rings is 3. The molecule has 0 aliphatic heterocycles. The van der Waals surface area contributed by atoms with Crippen molar-refractivity contribution >= 4 is 39.0 Å². The second kappa shape index (κ2) is 11.7. The van der Waals surface area contributed by atoms with E-state index in [-0.39, 0.29) is 38.3 Å². The minimum Gasteiger partial charge on any atom is -0.454 e. The van der Waals surface area contributed by atoms with Crippen LogP contribution in [-0.4, -0.2) is 37.1 Å². The summed E-state index contributed by atoms with van der Waals surface area (Å²) < 4.78 is 45.9. The van der Waals surface area contributed by atoms with Gasteiger partial charge in [0.2, 0.25) is 0 Å². The van der Waals surface area contributed by atoms with E-state index < -0.39 is 39.3 Å². The number of sulfone groups is 1. The summed E-state index contributed by atoms with van der Waals surface area (Å²) in [4.78, 5) is 24.8. The van der Waals surface area contributed by atoms with Gasteiger partial charge in [-0.1, -0.05) is 42.5 Å². The summed E-state index contributed by atoms with van der Waals surface area (Å²) >= 11 is 4.89. The number of carbonyl (C=O) groups excluding carboxylic acids is 2. The van der Waals surface area contributed by atoms with Gasteiger partial charge in [0.1, 0.15) is 28.7 Å². The zero-order valence-corrected chi connectivity index (χ0v) is 21.5. The number of rotatable bonds is 10. The monoisotopic (exact) mass is 569 g/mol. The number of para-hydroxylation sites is 1. The molecule has 0 radical (unpaired) electrons. The molecule has 0 saturated heterocycles. The van der Waals surface area contributed by atoms with Crippen molar-refractivity contribution in [2.75, 3.05) is 6.61 Å². The van der Waals surface area contributed by atoms with Crippen molar-refractivity contribution in [1.29, 1.82) is 0 Å². The van der Waals surface area contributed by atoms with Crippen molar-refractivity contribution in [2.24, 2.45) is 5.73 Å². The molecule has 4 aromatic rings. The number of thiocarbonyl (C=S) groups is 1. The standard InChI is InChI=1S/C25H19N3O9S2/c26-22(38)16-10-12-17(13-11-16)35-25(30)19-8-4-5-9-20(19)36-21(29)14-15-34-23-24(28(31)37-27-23)39(32,33)18-6-2-1-3-7-18/h1-13H,14-15H2,(H2,26,38). The van der Waals surface area contributed by atoms with Crippen molar-refractivity contribution in [1.82, 2.24) is 5.16 Å². The highest BCUT2D eigenvalue weighted by atomic mass is 32.2. The fraction of sp³-hybridized carbons (Fsp3) is 0.0800. The SMILES string of the molecule is NC(=S)c1ccc(OC(=O)c2ccccc2OC(=O)CCOc2no[n+]([O-])c2S(=O)(=O)c2ccccc2)cc1. The Morgan fingerprint density at radius 1 is 0.974 bits per heavy atom. The van der Waals surface area contributed by atoms with Gasteiger partial charge in [0.25, 0.3) is 9.84 Å². The van der Waals surface area contributed by atoms with E-state index >= 15 is 0 Å². The first-order chi connectivity index (χ1) is 18.7. The van der Waals surface area contributed by atoms with Gasteiger partial charge in [-0.25, -0.2) is 13.2 Å². The predicted molar refractivity (Wildman–Crippen MR) is 137 cm³/mol. The first-order valence-electron chi connectivity index (χ1n) is 11.1. The summed E-state index contributed by atoms with van der Waals surface area (Å²) in [6.45, 7) is -0.412. The molecule has 39 heavy (non-hydrogen) atoms. The molecule has 0 atom stereocenters. The third-order valence-corrected chi connectivity index (χ3v) is 7.04. The molecule has 0 aliphatic carbocycles. The lowest BCUT2D eigenvalue weighted by atomic mass is 10.2. The fourth-order valence-electron chi connectivity index (χ4n) is 3.22. The maximum absolute atomic E-state index is 12.8. The Hall–Kier alpha value is -4.82. The lowest BCUT2D eigenvalue weighted by Gasteiger charge is -2.10. The van der Waals surface area contributed by atoms with E-state index in [0.29, 0.717) is 5.56 Å². The lowest BCUT2D eigenvalue weighted by Crippen LogP contribution is -2.31. The molecule has 1 heterocycles. The molecule has 1 aromatic heterocycles. The van der Waals surface area contributed by atoms with E-state index in [4.69, 9.17) is 32.2 Å². The van der Waals surface area contributed by atoms with Crippen LogP contribution in [0.15, 0.2) is 93.4 Å². The number of esters is 2. The van der Waals surface area contributed by atoms with Crippen LogP contribution in [-0.2, 0) is 14.6 Å². The van der Waals surface area contributed by atoms with Crippen molar-refractivity contribution in [3.63, 3.8) is 0 Å². The highest BCUT2D eigenvalue weighted by Crippen LogP contribution is 2.25. The Morgan fingerprint density at radius 2 is 1.64 bits per heavy atom. The van der Waals surface area contributed by atoms with Gasteiger partial charge in [0.15, 0.2) is 0 Å². The average Bonchev–Trinajstić information content (AvgIpc) is 3.30. The van der Waals surface area contributed by atoms with Gasteiger partial charge < -0.3 is 25.2 Å². The van der Waals surface area contributed by atoms with Gasteiger partial charge >= 0.3 is 22.8 Å². The van der Waals surface area contributed by atoms with Gasteiger partial charge in [0.05, 0.1) is 16.5 Å². The Kier molecular flexibility index (Phi) is 8.17. The van der Waals surface area contributed by atoms with Gasteiger partial charge in [-0.15, -0.1) is 0 Å². The number of aromatic nitrogens is 2. The highest BCUT2D eigenvalue weighted by molar-refractivity contribution is 7.91. The Morgan fingerprint density at radius 3 is 2.33 bits per heavy atom. The number of ether oxygens (including phenoxy) is 3. The molecule has 14 heteroatoms. The van der Waals surface area contributed by atoms with Crippen LogP contribution in [0.3, 0.4) is 0 Å². The number of carbonyl (C=O) groups is 2. The number of nitrogens with two attached hydrogens (primary N) is 1. The number of nitrogens with zero attached hydrogens (tertiary/aromatic N) is 2.